The molecule has 0 amide bonds. The molecule has 2 spiro atoms. The quantitative estimate of drug-likeness (QED) is 0.601. The number of nitrogens with zero attached hydrogens (tertiary/aromatic N) is 1. The number of ether oxygens (including phenoxy) is 3. The largest absolute Gasteiger partial charge is 0.493 e. The van der Waals surface area contributed by atoms with Crippen LogP contribution in [0.15, 0.2) is 42.5 Å². The van der Waals surface area contributed by atoms with Crippen molar-refractivity contribution in [1.29, 1.82) is 0 Å². The summed E-state index contributed by atoms with van der Waals surface area (Å²) in [5, 5.41) is 12.2. The number of piperidine rings is 1. The van der Waals surface area contributed by atoms with E-state index in [2.05, 4.69) is 36.1 Å². The summed E-state index contributed by atoms with van der Waals surface area (Å²) in [4.78, 5) is 2.85. The van der Waals surface area contributed by atoms with Gasteiger partial charge in [-0.25, -0.2) is 0 Å². The lowest BCUT2D eigenvalue weighted by molar-refractivity contribution is -0.324. The van der Waals surface area contributed by atoms with E-state index in [1.807, 2.05) is 25.3 Å². The summed E-state index contributed by atoms with van der Waals surface area (Å²) >= 11 is 0. The van der Waals surface area contributed by atoms with Gasteiger partial charge in [0.1, 0.15) is 11.7 Å². The van der Waals surface area contributed by atoms with Crippen LogP contribution in [0, 0.1) is 16.7 Å². The first-order valence-corrected chi connectivity index (χ1v) is 14.3. The molecule has 37 heavy (non-hydrogen) atoms. The van der Waals surface area contributed by atoms with Crippen molar-refractivity contribution in [3.8, 4) is 11.5 Å². The van der Waals surface area contributed by atoms with Crippen LogP contribution in [0.1, 0.15) is 68.2 Å². The van der Waals surface area contributed by atoms with E-state index in [-0.39, 0.29) is 16.9 Å². The Kier molecular flexibility index (Phi) is 4.52. The third kappa shape index (κ3) is 2.49. The summed E-state index contributed by atoms with van der Waals surface area (Å²) < 4.78 is 19.7. The van der Waals surface area contributed by atoms with Crippen molar-refractivity contribution in [3.05, 3.63) is 59.2 Å². The van der Waals surface area contributed by atoms with Crippen molar-refractivity contribution in [3.63, 3.8) is 0 Å². The van der Waals surface area contributed by atoms with Gasteiger partial charge in [0.15, 0.2) is 11.5 Å². The Bertz CT molecular complexity index is 1260. The lowest BCUT2D eigenvalue weighted by atomic mass is 9.31. The summed E-state index contributed by atoms with van der Waals surface area (Å²) in [5.74, 6) is 2.65. The first-order valence-electron chi connectivity index (χ1n) is 14.3. The first kappa shape index (κ1) is 22.9. The third-order valence-electron chi connectivity index (χ3n) is 12.0. The number of aliphatic hydroxyl groups is 1. The minimum Gasteiger partial charge on any atom is -0.493 e. The highest BCUT2D eigenvalue weighted by Crippen LogP contribution is 2.80. The monoisotopic (exact) mass is 501 g/mol. The van der Waals surface area contributed by atoms with E-state index in [1.165, 1.54) is 30.5 Å². The number of hydrogen-bond donors (Lipinski definition) is 1. The highest BCUT2D eigenvalue weighted by Gasteiger charge is 2.84. The van der Waals surface area contributed by atoms with Crippen LogP contribution >= 0.6 is 0 Å². The Morgan fingerprint density at radius 3 is 2.62 bits per heavy atom. The second-order valence-corrected chi connectivity index (χ2v) is 13.2. The van der Waals surface area contributed by atoms with Gasteiger partial charge in [0.05, 0.1) is 13.2 Å². The lowest BCUT2D eigenvalue weighted by Crippen LogP contribution is -2.83. The van der Waals surface area contributed by atoms with E-state index >= 15 is 0 Å². The van der Waals surface area contributed by atoms with Gasteiger partial charge in [-0.3, -0.25) is 4.90 Å². The Labute approximate surface area is 220 Å². The zero-order valence-electron chi connectivity index (χ0n) is 22.3. The van der Waals surface area contributed by atoms with Crippen molar-refractivity contribution in [2.24, 2.45) is 16.7 Å². The van der Waals surface area contributed by atoms with Crippen LogP contribution in [0.4, 0.5) is 0 Å². The molecular weight excluding hydrogens is 462 g/mol. The average molecular weight is 502 g/mol. The van der Waals surface area contributed by atoms with Crippen molar-refractivity contribution < 1.29 is 19.3 Å². The average Bonchev–Trinajstić information content (AvgIpc) is 3.67. The summed E-state index contributed by atoms with van der Waals surface area (Å²) in [6.45, 7) is 4.64. The van der Waals surface area contributed by atoms with Crippen molar-refractivity contribution in [2.75, 3.05) is 27.3 Å². The maximum Gasteiger partial charge on any atom is 0.165 e. The molecule has 7 atom stereocenters. The van der Waals surface area contributed by atoms with Gasteiger partial charge in [-0.05, 0) is 74.6 Å². The number of aliphatic hydroxyl groups excluding tert-OH is 1. The van der Waals surface area contributed by atoms with E-state index in [0.29, 0.717) is 6.04 Å². The number of rotatable bonds is 6. The molecule has 5 heteroatoms. The summed E-state index contributed by atoms with van der Waals surface area (Å²) in [5.41, 5.74) is 2.70. The van der Waals surface area contributed by atoms with Crippen molar-refractivity contribution in [2.45, 2.75) is 81.1 Å². The molecule has 1 N–H and O–H groups in total. The molecule has 2 aromatic rings. The normalized spacial score (nSPS) is 41.7. The van der Waals surface area contributed by atoms with E-state index in [4.69, 9.17) is 14.2 Å². The van der Waals surface area contributed by atoms with E-state index < -0.39 is 17.1 Å². The smallest absolute Gasteiger partial charge is 0.165 e. The molecule has 4 bridgehead atoms. The Balaban J connectivity index is 1.37. The molecule has 2 heterocycles. The van der Waals surface area contributed by atoms with Gasteiger partial charge in [0.2, 0.25) is 0 Å². The predicted molar refractivity (Wildman–Crippen MR) is 141 cm³/mol. The fourth-order valence-corrected chi connectivity index (χ4v) is 10.4. The highest BCUT2D eigenvalue weighted by atomic mass is 16.6. The fourth-order valence-electron chi connectivity index (χ4n) is 10.4. The van der Waals surface area contributed by atoms with Gasteiger partial charge in [0.25, 0.3) is 0 Å². The van der Waals surface area contributed by atoms with Crippen LogP contribution < -0.4 is 9.47 Å². The van der Waals surface area contributed by atoms with E-state index in [9.17, 15) is 5.11 Å². The van der Waals surface area contributed by atoms with Crippen LogP contribution in [-0.2, 0) is 16.6 Å². The molecular formula is C32H39NO4. The SMILES string of the molecule is COc1ccc2c3c1O[C@H]1[C@@]4(OC)CC[C@@]5(C[C@@]4(C)[C@H](O)c4ccccc4)C(C2)N(CC2CC2)CC[C@]315. The summed E-state index contributed by atoms with van der Waals surface area (Å²) in [7, 11) is 3.61. The molecule has 0 aromatic heterocycles. The molecule has 5 nitrogen and oxygen atoms in total. The minimum atomic E-state index is -0.628. The number of fused-ring (bicyclic) bond motifs is 2. The van der Waals surface area contributed by atoms with Crippen LogP contribution in [-0.4, -0.2) is 55.1 Å². The highest BCUT2D eigenvalue weighted by molar-refractivity contribution is 5.64. The van der Waals surface area contributed by atoms with Gasteiger partial charge in [-0.2, -0.15) is 0 Å². The molecule has 4 saturated carbocycles. The van der Waals surface area contributed by atoms with Gasteiger partial charge in [-0.15, -0.1) is 0 Å². The Hall–Kier alpha value is -2.08. The maximum atomic E-state index is 12.2. The fraction of sp³-hybridized carbons (Fsp3) is 0.625. The first-order chi connectivity index (χ1) is 17.9. The molecule has 7 aliphatic rings. The van der Waals surface area contributed by atoms with E-state index in [0.717, 1.165) is 61.6 Å². The van der Waals surface area contributed by atoms with E-state index in [1.54, 1.807) is 7.11 Å². The number of likely N-dealkylation sites (tertiary alicyclic amines) is 1. The third-order valence-corrected chi connectivity index (χ3v) is 12.0. The predicted octanol–water partition coefficient (Wildman–Crippen LogP) is 5.04. The molecule has 5 fully saturated rings. The molecule has 5 aliphatic carbocycles. The summed E-state index contributed by atoms with van der Waals surface area (Å²) in [6, 6.07) is 15.1. The van der Waals surface area contributed by atoms with Gasteiger partial charge in [-0.1, -0.05) is 43.3 Å². The van der Waals surface area contributed by atoms with Crippen LogP contribution in [0.3, 0.4) is 0 Å². The standard InChI is InChI=1S/C32H39NO4/c1-29(27(34)21-7-5-4-6-8-21)19-30-13-14-32(29,36-3)28-31(30)15-16-33(18-20-9-10-20)24(30)17-22-11-12-23(35-2)26(37-28)25(22)31/h4-8,11-12,20,24,27-28,34H,9-10,13-19H2,1-3H3/t24?,27-,28-,29+,30-,31+,32+/m1/s1. The Morgan fingerprint density at radius 2 is 1.89 bits per heavy atom. The lowest BCUT2D eigenvalue weighted by Gasteiger charge is -2.76. The zero-order chi connectivity index (χ0) is 25.2. The molecule has 1 saturated heterocycles. The van der Waals surface area contributed by atoms with Crippen molar-refractivity contribution in [1.82, 2.24) is 4.90 Å². The topological polar surface area (TPSA) is 51.2 Å². The zero-order valence-corrected chi connectivity index (χ0v) is 22.3. The summed E-state index contributed by atoms with van der Waals surface area (Å²) in [6.07, 6.45) is 7.14. The van der Waals surface area contributed by atoms with Crippen LogP contribution in [0.2, 0.25) is 0 Å². The maximum absolute atomic E-state index is 12.2. The second kappa shape index (κ2) is 7.31. The van der Waals surface area contributed by atoms with Crippen molar-refractivity contribution >= 4 is 0 Å². The minimum absolute atomic E-state index is 0.0419. The van der Waals surface area contributed by atoms with Gasteiger partial charge < -0.3 is 19.3 Å². The number of hydrogen-bond acceptors (Lipinski definition) is 5. The number of benzene rings is 2. The number of methoxy groups -OCH3 is 2. The molecule has 2 aliphatic heterocycles. The van der Waals surface area contributed by atoms with Crippen LogP contribution in [0.5, 0.6) is 11.5 Å². The molecule has 2 aromatic carbocycles. The molecule has 0 radical (unpaired) electrons. The molecule has 9 rings (SSSR count). The van der Waals surface area contributed by atoms with Gasteiger partial charge in [0, 0.05) is 41.5 Å². The van der Waals surface area contributed by atoms with Gasteiger partial charge >= 0.3 is 0 Å². The molecule has 1 unspecified atom stereocenters. The molecule has 196 valence electrons. The Morgan fingerprint density at radius 1 is 1.08 bits per heavy atom. The van der Waals surface area contributed by atoms with Crippen LogP contribution in [0.25, 0.3) is 0 Å². The second-order valence-electron chi connectivity index (χ2n) is 13.2.